The maximum Gasteiger partial charge on any atom is 0.187 e. The van der Waals surface area contributed by atoms with Crippen molar-refractivity contribution in [3.63, 3.8) is 0 Å². The molecule has 2 aromatic carbocycles. The largest absolute Gasteiger partial charge is 0.259 e. The van der Waals surface area contributed by atoms with Gasteiger partial charge < -0.3 is 0 Å². The number of H-pyrrole nitrogens is 1. The molecule has 0 aliphatic rings. The van der Waals surface area contributed by atoms with E-state index < -0.39 is 0 Å². The maximum atomic E-state index is 6.92. The van der Waals surface area contributed by atoms with E-state index in [0.717, 1.165) is 11.1 Å². The molecule has 0 saturated heterocycles. The van der Waals surface area contributed by atoms with Crippen LogP contribution >= 0.6 is 0 Å². The molecule has 0 spiro atoms. The Balaban J connectivity index is 1.95. The third-order valence-corrected chi connectivity index (χ3v) is 2.79. The van der Waals surface area contributed by atoms with Gasteiger partial charge in [-0.3, -0.25) is 5.10 Å². The van der Waals surface area contributed by atoms with Gasteiger partial charge in [0.2, 0.25) is 0 Å². The molecule has 0 saturated carbocycles. The number of aromatic amines is 1. The first-order chi connectivity index (χ1) is 9.36. The average Bonchev–Trinajstić information content (AvgIpc) is 2.98. The molecular formula is C15H10N4. The summed E-state index contributed by atoms with van der Waals surface area (Å²) in [6.07, 6.45) is 0. The highest BCUT2D eigenvalue weighted by molar-refractivity contribution is 5.63. The quantitative estimate of drug-likeness (QED) is 0.701. The third kappa shape index (κ3) is 2.22. The van der Waals surface area contributed by atoms with E-state index in [1.807, 2.05) is 42.5 Å². The van der Waals surface area contributed by atoms with Crippen LogP contribution in [0.4, 0.5) is 5.69 Å². The van der Waals surface area contributed by atoms with Gasteiger partial charge in [0, 0.05) is 11.1 Å². The average molecular weight is 246 g/mol. The van der Waals surface area contributed by atoms with Gasteiger partial charge in [-0.15, -0.1) is 0 Å². The zero-order chi connectivity index (χ0) is 13.1. The Bertz CT molecular complexity index is 721. The van der Waals surface area contributed by atoms with Crippen molar-refractivity contribution in [1.82, 2.24) is 15.2 Å². The molecule has 0 fully saturated rings. The molecule has 0 aliphatic carbocycles. The van der Waals surface area contributed by atoms with Crippen LogP contribution in [0.2, 0.25) is 0 Å². The second kappa shape index (κ2) is 4.75. The van der Waals surface area contributed by atoms with E-state index >= 15 is 0 Å². The summed E-state index contributed by atoms with van der Waals surface area (Å²) in [5.41, 5.74) is 2.51. The number of nitrogens with one attached hydrogen (secondary N) is 1. The van der Waals surface area contributed by atoms with E-state index in [2.05, 4.69) is 20.0 Å². The van der Waals surface area contributed by atoms with Crippen LogP contribution in [0.5, 0.6) is 0 Å². The molecule has 4 heteroatoms. The fourth-order valence-electron chi connectivity index (χ4n) is 1.80. The second-order valence-electron chi connectivity index (χ2n) is 4.03. The first-order valence-electron chi connectivity index (χ1n) is 5.82. The van der Waals surface area contributed by atoms with Gasteiger partial charge in [-0.2, -0.15) is 5.10 Å². The minimum atomic E-state index is 0.617. The zero-order valence-corrected chi connectivity index (χ0v) is 10.0. The van der Waals surface area contributed by atoms with E-state index in [4.69, 9.17) is 6.57 Å². The molecule has 0 aliphatic heterocycles. The number of hydrogen-bond acceptors (Lipinski definition) is 2. The summed E-state index contributed by atoms with van der Waals surface area (Å²) >= 11 is 0. The summed E-state index contributed by atoms with van der Waals surface area (Å²) in [7, 11) is 0. The Kier molecular flexibility index (Phi) is 2.79. The molecule has 1 N–H and O–H groups in total. The minimum Gasteiger partial charge on any atom is -0.259 e. The van der Waals surface area contributed by atoms with Crippen LogP contribution in [0.15, 0.2) is 54.6 Å². The lowest BCUT2D eigenvalue weighted by molar-refractivity contribution is 1.10. The monoisotopic (exact) mass is 246 g/mol. The van der Waals surface area contributed by atoms with Crippen molar-refractivity contribution in [3.8, 4) is 22.8 Å². The topological polar surface area (TPSA) is 45.9 Å². The lowest BCUT2D eigenvalue weighted by Crippen LogP contribution is -1.80. The second-order valence-corrected chi connectivity index (χ2v) is 4.03. The molecule has 3 aromatic rings. The van der Waals surface area contributed by atoms with Gasteiger partial charge in [-0.1, -0.05) is 54.6 Å². The van der Waals surface area contributed by atoms with Crippen LogP contribution in [0.1, 0.15) is 0 Å². The SMILES string of the molecule is [C-]#[N+]c1ccc(-c2nc(-c3ccccc3)n[nH]2)cc1. The lowest BCUT2D eigenvalue weighted by Gasteiger charge is -1.95. The number of benzene rings is 2. The first-order valence-corrected chi connectivity index (χ1v) is 5.82. The van der Waals surface area contributed by atoms with Gasteiger partial charge in [0.25, 0.3) is 0 Å². The van der Waals surface area contributed by atoms with Crippen molar-refractivity contribution in [2.24, 2.45) is 0 Å². The first kappa shape index (κ1) is 11.2. The van der Waals surface area contributed by atoms with Crippen molar-refractivity contribution in [2.75, 3.05) is 0 Å². The summed E-state index contributed by atoms with van der Waals surface area (Å²) in [5.74, 6) is 1.38. The van der Waals surface area contributed by atoms with Crippen LogP contribution in [0.25, 0.3) is 27.6 Å². The zero-order valence-electron chi connectivity index (χ0n) is 10.0. The standard InChI is InChI=1S/C15H10N4/c1-16-13-9-7-12(8-10-13)15-17-14(18-19-15)11-5-3-2-4-6-11/h2-10H,(H,17,18,19). The highest BCUT2D eigenvalue weighted by Gasteiger charge is 2.07. The van der Waals surface area contributed by atoms with Crippen molar-refractivity contribution in [1.29, 1.82) is 0 Å². The minimum absolute atomic E-state index is 0.617. The van der Waals surface area contributed by atoms with Crippen molar-refractivity contribution in [2.45, 2.75) is 0 Å². The van der Waals surface area contributed by atoms with Gasteiger partial charge in [-0.05, 0) is 0 Å². The summed E-state index contributed by atoms with van der Waals surface area (Å²) in [5, 5.41) is 7.13. The van der Waals surface area contributed by atoms with Crippen LogP contribution in [0.3, 0.4) is 0 Å². The predicted molar refractivity (Wildman–Crippen MR) is 73.5 cm³/mol. The molecule has 0 radical (unpaired) electrons. The Morgan fingerprint density at radius 1 is 0.895 bits per heavy atom. The lowest BCUT2D eigenvalue weighted by atomic mass is 10.2. The van der Waals surface area contributed by atoms with Gasteiger partial charge >= 0.3 is 0 Å². The molecule has 3 rings (SSSR count). The summed E-state index contributed by atoms with van der Waals surface area (Å²) < 4.78 is 0. The van der Waals surface area contributed by atoms with Crippen molar-refractivity contribution < 1.29 is 0 Å². The van der Waals surface area contributed by atoms with E-state index in [-0.39, 0.29) is 0 Å². The van der Waals surface area contributed by atoms with Gasteiger partial charge in [0.15, 0.2) is 17.3 Å². The molecule has 0 atom stereocenters. The molecule has 19 heavy (non-hydrogen) atoms. The summed E-state index contributed by atoms with van der Waals surface area (Å²) in [6, 6.07) is 17.1. The van der Waals surface area contributed by atoms with E-state index in [0.29, 0.717) is 17.3 Å². The van der Waals surface area contributed by atoms with Gasteiger partial charge in [0.05, 0.1) is 6.57 Å². The predicted octanol–water partition coefficient (Wildman–Crippen LogP) is 3.69. The van der Waals surface area contributed by atoms with Gasteiger partial charge in [-0.25, -0.2) is 9.83 Å². The number of hydrogen-bond donors (Lipinski definition) is 1. The molecule has 0 bridgehead atoms. The van der Waals surface area contributed by atoms with Crippen LogP contribution < -0.4 is 0 Å². The smallest absolute Gasteiger partial charge is 0.187 e. The molecule has 90 valence electrons. The summed E-state index contributed by atoms with van der Waals surface area (Å²) in [6.45, 7) is 6.92. The highest BCUT2D eigenvalue weighted by Crippen LogP contribution is 2.22. The third-order valence-electron chi connectivity index (χ3n) is 2.79. The Labute approximate surface area is 110 Å². The van der Waals surface area contributed by atoms with Crippen molar-refractivity contribution in [3.05, 3.63) is 66.0 Å². The molecular weight excluding hydrogens is 236 g/mol. The van der Waals surface area contributed by atoms with E-state index in [1.165, 1.54) is 0 Å². The Morgan fingerprint density at radius 2 is 1.63 bits per heavy atom. The fraction of sp³-hybridized carbons (Fsp3) is 0. The maximum absolute atomic E-state index is 6.92. The Morgan fingerprint density at radius 3 is 2.32 bits per heavy atom. The highest BCUT2D eigenvalue weighted by atomic mass is 15.2. The molecule has 0 unspecified atom stereocenters. The van der Waals surface area contributed by atoms with Crippen molar-refractivity contribution >= 4 is 5.69 Å². The van der Waals surface area contributed by atoms with E-state index in [1.54, 1.807) is 12.1 Å². The fourth-order valence-corrected chi connectivity index (χ4v) is 1.80. The normalized spacial score (nSPS) is 10.1. The van der Waals surface area contributed by atoms with E-state index in [9.17, 15) is 0 Å². The summed E-state index contributed by atoms with van der Waals surface area (Å²) in [4.78, 5) is 7.82. The van der Waals surface area contributed by atoms with Crippen LogP contribution in [-0.4, -0.2) is 15.2 Å². The molecule has 4 nitrogen and oxygen atoms in total. The molecule has 1 heterocycles. The van der Waals surface area contributed by atoms with Crippen LogP contribution in [-0.2, 0) is 0 Å². The van der Waals surface area contributed by atoms with Gasteiger partial charge in [0.1, 0.15) is 0 Å². The van der Waals surface area contributed by atoms with Crippen LogP contribution in [0, 0.1) is 6.57 Å². The Hall–Kier alpha value is -2.93. The number of rotatable bonds is 2. The molecule has 1 aromatic heterocycles. The number of nitrogens with zero attached hydrogens (tertiary/aromatic N) is 3. The molecule has 0 amide bonds. The number of aromatic nitrogens is 3.